The van der Waals surface area contributed by atoms with Crippen LogP contribution in [-0.4, -0.2) is 6.54 Å². The fraction of sp³-hybridized carbons (Fsp3) is 0.500. The summed E-state index contributed by atoms with van der Waals surface area (Å²) in [6, 6.07) is 0.459. The number of rotatable bonds is 3. The predicted octanol–water partition coefficient (Wildman–Crippen LogP) is 3.18. The third kappa shape index (κ3) is 2.29. The van der Waals surface area contributed by atoms with Gasteiger partial charge in [-0.15, -0.1) is 0 Å². The summed E-state index contributed by atoms with van der Waals surface area (Å²) in [6.45, 7) is 5.32. The molecule has 1 N–H and O–H groups in total. The molecule has 0 saturated carbocycles. The van der Waals surface area contributed by atoms with Gasteiger partial charge in [0, 0.05) is 15.9 Å². The molecular weight excluding hydrogens is 222 g/mol. The molecule has 1 nitrogen and oxygen atoms in total. The maximum atomic E-state index is 3.51. The summed E-state index contributed by atoms with van der Waals surface area (Å²) in [5.41, 5.74) is 1.36. The number of nitrogens with one attached hydrogen (secondary N) is 1. The first kappa shape index (κ1) is 9.23. The molecule has 0 bridgehead atoms. The lowest BCUT2D eigenvalue weighted by Gasteiger charge is -2.10. The van der Waals surface area contributed by atoms with Gasteiger partial charge in [-0.2, -0.15) is 11.3 Å². The van der Waals surface area contributed by atoms with E-state index in [0.717, 1.165) is 6.54 Å². The van der Waals surface area contributed by atoms with Gasteiger partial charge >= 0.3 is 0 Å². The Morgan fingerprint density at radius 1 is 1.64 bits per heavy atom. The van der Waals surface area contributed by atoms with Crippen LogP contribution < -0.4 is 5.32 Å². The molecule has 3 heteroatoms. The van der Waals surface area contributed by atoms with Gasteiger partial charge in [-0.1, -0.05) is 6.92 Å². The monoisotopic (exact) mass is 233 g/mol. The quantitative estimate of drug-likeness (QED) is 0.846. The molecule has 1 rings (SSSR count). The average molecular weight is 234 g/mol. The molecule has 0 aromatic carbocycles. The molecule has 0 radical (unpaired) electrons. The first-order valence-corrected chi connectivity index (χ1v) is 5.44. The highest BCUT2D eigenvalue weighted by molar-refractivity contribution is 9.10. The summed E-state index contributed by atoms with van der Waals surface area (Å²) in [7, 11) is 0. The maximum Gasteiger partial charge on any atom is 0.0330 e. The normalized spacial score (nSPS) is 13.4. The van der Waals surface area contributed by atoms with E-state index in [1.54, 1.807) is 11.3 Å². The van der Waals surface area contributed by atoms with Crippen LogP contribution in [0.4, 0.5) is 0 Å². The molecule has 0 aliphatic carbocycles. The standard InChI is InChI=1S/C8H12BrNS/c1-3-10-6(2)7-4-11-5-8(7)9/h4-6,10H,3H2,1-2H3. The van der Waals surface area contributed by atoms with E-state index in [0.29, 0.717) is 6.04 Å². The average Bonchev–Trinajstić information content (AvgIpc) is 2.36. The van der Waals surface area contributed by atoms with E-state index in [2.05, 4.69) is 45.9 Å². The van der Waals surface area contributed by atoms with E-state index in [9.17, 15) is 0 Å². The summed E-state index contributed by atoms with van der Waals surface area (Å²) >= 11 is 5.24. The van der Waals surface area contributed by atoms with E-state index >= 15 is 0 Å². The first-order chi connectivity index (χ1) is 5.25. The Balaban J connectivity index is 2.67. The highest BCUT2D eigenvalue weighted by Gasteiger charge is 2.07. The summed E-state index contributed by atoms with van der Waals surface area (Å²) < 4.78 is 1.22. The molecule has 62 valence electrons. The summed E-state index contributed by atoms with van der Waals surface area (Å²) in [5.74, 6) is 0. The van der Waals surface area contributed by atoms with Crippen molar-refractivity contribution in [2.24, 2.45) is 0 Å². The molecule has 1 aromatic heterocycles. The van der Waals surface area contributed by atoms with Crippen molar-refractivity contribution in [3.63, 3.8) is 0 Å². The Hall–Kier alpha value is 0.140. The lowest BCUT2D eigenvalue weighted by atomic mass is 10.2. The van der Waals surface area contributed by atoms with Gasteiger partial charge < -0.3 is 5.32 Å². The van der Waals surface area contributed by atoms with Crippen molar-refractivity contribution in [2.75, 3.05) is 6.54 Å². The van der Waals surface area contributed by atoms with Crippen molar-refractivity contribution in [1.82, 2.24) is 5.32 Å². The minimum atomic E-state index is 0.459. The molecule has 11 heavy (non-hydrogen) atoms. The zero-order valence-electron chi connectivity index (χ0n) is 6.73. The van der Waals surface area contributed by atoms with Crippen LogP contribution in [-0.2, 0) is 0 Å². The Kier molecular flexibility index (Phi) is 3.55. The van der Waals surface area contributed by atoms with Crippen LogP contribution in [0.15, 0.2) is 15.2 Å². The Morgan fingerprint density at radius 3 is 2.82 bits per heavy atom. The summed E-state index contributed by atoms with van der Waals surface area (Å²) in [6.07, 6.45) is 0. The van der Waals surface area contributed by atoms with Crippen LogP contribution in [0.5, 0.6) is 0 Å². The molecule has 1 unspecified atom stereocenters. The Bertz CT molecular complexity index is 222. The van der Waals surface area contributed by atoms with E-state index in [1.807, 2.05) is 0 Å². The van der Waals surface area contributed by atoms with Crippen LogP contribution in [0.2, 0.25) is 0 Å². The number of halogens is 1. The van der Waals surface area contributed by atoms with Crippen LogP contribution >= 0.6 is 27.3 Å². The van der Waals surface area contributed by atoms with Crippen LogP contribution in [0.1, 0.15) is 25.5 Å². The van der Waals surface area contributed by atoms with Crippen LogP contribution in [0.25, 0.3) is 0 Å². The highest BCUT2D eigenvalue weighted by atomic mass is 79.9. The van der Waals surface area contributed by atoms with Crippen LogP contribution in [0.3, 0.4) is 0 Å². The molecular formula is C8H12BrNS. The zero-order chi connectivity index (χ0) is 8.27. The van der Waals surface area contributed by atoms with Gasteiger partial charge in [0.25, 0.3) is 0 Å². The van der Waals surface area contributed by atoms with Gasteiger partial charge in [0.2, 0.25) is 0 Å². The van der Waals surface area contributed by atoms with Gasteiger partial charge in [-0.25, -0.2) is 0 Å². The van der Waals surface area contributed by atoms with Crippen molar-refractivity contribution in [2.45, 2.75) is 19.9 Å². The van der Waals surface area contributed by atoms with E-state index in [1.165, 1.54) is 10.0 Å². The molecule has 0 spiro atoms. The second-order valence-corrected chi connectivity index (χ2v) is 4.05. The van der Waals surface area contributed by atoms with E-state index < -0.39 is 0 Å². The molecule has 0 aliphatic rings. The van der Waals surface area contributed by atoms with Crippen molar-refractivity contribution >= 4 is 27.3 Å². The van der Waals surface area contributed by atoms with Gasteiger partial charge in [0.15, 0.2) is 0 Å². The van der Waals surface area contributed by atoms with E-state index in [-0.39, 0.29) is 0 Å². The van der Waals surface area contributed by atoms with Gasteiger partial charge in [-0.05, 0) is 40.3 Å². The van der Waals surface area contributed by atoms with Gasteiger partial charge in [0.1, 0.15) is 0 Å². The molecule has 0 saturated heterocycles. The van der Waals surface area contributed by atoms with Gasteiger partial charge in [-0.3, -0.25) is 0 Å². The van der Waals surface area contributed by atoms with Crippen molar-refractivity contribution < 1.29 is 0 Å². The van der Waals surface area contributed by atoms with Crippen molar-refractivity contribution in [1.29, 1.82) is 0 Å². The number of hydrogen-bond donors (Lipinski definition) is 1. The summed E-state index contributed by atoms with van der Waals surface area (Å²) in [4.78, 5) is 0. The molecule has 0 aliphatic heterocycles. The highest BCUT2D eigenvalue weighted by Crippen LogP contribution is 2.26. The Morgan fingerprint density at radius 2 is 2.36 bits per heavy atom. The lowest BCUT2D eigenvalue weighted by molar-refractivity contribution is 0.598. The second-order valence-electron chi connectivity index (χ2n) is 2.45. The molecule has 0 fully saturated rings. The topological polar surface area (TPSA) is 12.0 Å². The van der Waals surface area contributed by atoms with Crippen LogP contribution in [0, 0.1) is 0 Å². The Labute approximate surface area is 79.9 Å². The third-order valence-corrected chi connectivity index (χ3v) is 3.37. The summed E-state index contributed by atoms with van der Waals surface area (Å²) in [5, 5.41) is 7.66. The smallest absolute Gasteiger partial charge is 0.0330 e. The number of hydrogen-bond acceptors (Lipinski definition) is 2. The van der Waals surface area contributed by atoms with E-state index in [4.69, 9.17) is 0 Å². The fourth-order valence-electron chi connectivity index (χ4n) is 1.02. The molecule has 1 atom stereocenters. The fourth-order valence-corrected chi connectivity index (χ4v) is 2.75. The SMILES string of the molecule is CCNC(C)c1cscc1Br. The maximum absolute atomic E-state index is 3.51. The van der Waals surface area contributed by atoms with Crippen molar-refractivity contribution in [3.8, 4) is 0 Å². The minimum absolute atomic E-state index is 0.459. The molecule has 1 aromatic rings. The minimum Gasteiger partial charge on any atom is -0.310 e. The molecule has 1 heterocycles. The predicted molar refractivity (Wildman–Crippen MR) is 54.1 cm³/mol. The zero-order valence-corrected chi connectivity index (χ0v) is 9.13. The number of thiophene rings is 1. The van der Waals surface area contributed by atoms with Crippen molar-refractivity contribution in [3.05, 3.63) is 20.8 Å². The largest absolute Gasteiger partial charge is 0.310 e. The lowest BCUT2D eigenvalue weighted by Crippen LogP contribution is -2.17. The second kappa shape index (κ2) is 4.24. The van der Waals surface area contributed by atoms with Gasteiger partial charge in [0.05, 0.1) is 0 Å². The molecule has 0 amide bonds. The first-order valence-electron chi connectivity index (χ1n) is 3.70. The third-order valence-electron chi connectivity index (χ3n) is 1.62.